The van der Waals surface area contributed by atoms with Gasteiger partial charge in [-0.2, -0.15) is 0 Å². The van der Waals surface area contributed by atoms with Gasteiger partial charge in [-0.05, 0) is 44.2 Å². The molecule has 1 unspecified atom stereocenters. The summed E-state index contributed by atoms with van der Waals surface area (Å²) in [5, 5.41) is 3.56. The van der Waals surface area contributed by atoms with Crippen LogP contribution in [0.2, 0.25) is 0 Å². The van der Waals surface area contributed by atoms with Crippen molar-refractivity contribution < 1.29 is 4.74 Å². The van der Waals surface area contributed by atoms with Gasteiger partial charge in [0.15, 0.2) is 0 Å². The van der Waals surface area contributed by atoms with Gasteiger partial charge in [0.2, 0.25) is 0 Å². The average Bonchev–Trinajstić information content (AvgIpc) is 2.36. The summed E-state index contributed by atoms with van der Waals surface area (Å²) < 4.78 is 5.46. The predicted octanol–water partition coefficient (Wildman–Crippen LogP) is 4.10. The number of hydrogen-bond acceptors (Lipinski definition) is 2. The van der Waals surface area contributed by atoms with Crippen molar-refractivity contribution in [1.82, 2.24) is 5.32 Å². The zero-order valence-corrected chi connectivity index (χ0v) is 13.3. The lowest BCUT2D eigenvalue weighted by molar-refractivity contribution is 0.00844. The molecule has 2 nitrogen and oxygen atoms in total. The summed E-state index contributed by atoms with van der Waals surface area (Å²) in [7, 11) is 1.78. The molecular formula is C17H29NO. The van der Waals surface area contributed by atoms with Crippen LogP contribution in [0.5, 0.6) is 0 Å². The monoisotopic (exact) mass is 263 g/mol. The Balaban J connectivity index is 2.44. The van der Waals surface area contributed by atoms with Gasteiger partial charge in [0.25, 0.3) is 0 Å². The van der Waals surface area contributed by atoms with Gasteiger partial charge in [-0.1, -0.05) is 38.1 Å². The molecule has 0 aliphatic rings. The Morgan fingerprint density at radius 3 is 2.16 bits per heavy atom. The summed E-state index contributed by atoms with van der Waals surface area (Å²) in [5.41, 5.74) is 2.68. The molecule has 108 valence electrons. The largest absolute Gasteiger partial charge is 0.379 e. The second kappa shape index (κ2) is 7.06. The Morgan fingerprint density at radius 1 is 1.11 bits per heavy atom. The first-order chi connectivity index (χ1) is 8.84. The summed E-state index contributed by atoms with van der Waals surface area (Å²) in [6.45, 7) is 11.8. The molecule has 2 heteroatoms. The maximum Gasteiger partial charge on any atom is 0.0637 e. The van der Waals surface area contributed by atoms with Gasteiger partial charge in [-0.25, -0.2) is 0 Å². The Kier molecular flexibility index (Phi) is 6.02. The van der Waals surface area contributed by atoms with Crippen LogP contribution in [-0.4, -0.2) is 18.8 Å². The third kappa shape index (κ3) is 5.75. The minimum Gasteiger partial charge on any atom is -0.379 e. The summed E-state index contributed by atoms with van der Waals surface area (Å²) >= 11 is 0. The van der Waals surface area contributed by atoms with E-state index in [9.17, 15) is 0 Å². The topological polar surface area (TPSA) is 21.3 Å². The van der Waals surface area contributed by atoms with Crippen LogP contribution in [0.25, 0.3) is 0 Å². The first-order valence-electron chi connectivity index (χ1n) is 7.21. The predicted molar refractivity (Wildman–Crippen MR) is 82.5 cm³/mol. The molecule has 19 heavy (non-hydrogen) atoms. The van der Waals surface area contributed by atoms with Gasteiger partial charge < -0.3 is 10.1 Å². The number of ether oxygens (including phenoxy) is 1. The summed E-state index contributed by atoms with van der Waals surface area (Å²) in [4.78, 5) is 0. The number of methoxy groups -OCH3 is 1. The van der Waals surface area contributed by atoms with Crippen molar-refractivity contribution in [2.75, 3.05) is 7.11 Å². The van der Waals surface area contributed by atoms with Gasteiger partial charge in [0.1, 0.15) is 0 Å². The lowest BCUT2D eigenvalue weighted by atomic mass is 9.99. The van der Waals surface area contributed by atoms with E-state index >= 15 is 0 Å². The van der Waals surface area contributed by atoms with Crippen LogP contribution >= 0.6 is 0 Å². The molecule has 0 saturated heterocycles. The number of benzene rings is 1. The van der Waals surface area contributed by atoms with Crippen molar-refractivity contribution in [3.05, 3.63) is 35.4 Å². The standard InChI is InChI=1S/C17H29NO/c1-13(2)16-9-7-15(8-10-16)12-18-14(3)11-17(4,5)19-6/h7-10,13-14,18H,11-12H2,1-6H3. The Morgan fingerprint density at radius 2 is 1.68 bits per heavy atom. The molecule has 1 aromatic carbocycles. The highest BCUT2D eigenvalue weighted by Gasteiger charge is 2.19. The molecule has 0 spiro atoms. The third-order valence-corrected chi connectivity index (χ3v) is 3.65. The lowest BCUT2D eigenvalue weighted by Gasteiger charge is -2.27. The van der Waals surface area contributed by atoms with E-state index in [0.29, 0.717) is 12.0 Å². The van der Waals surface area contributed by atoms with Crippen molar-refractivity contribution >= 4 is 0 Å². The second-order valence-corrected chi connectivity index (χ2v) is 6.35. The zero-order chi connectivity index (χ0) is 14.5. The summed E-state index contributed by atoms with van der Waals surface area (Å²) in [6, 6.07) is 9.34. The fraction of sp³-hybridized carbons (Fsp3) is 0.647. The second-order valence-electron chi connectivity index (χ2n) is 6.35. The fourth-order valence-corrected chi connectivity index (χ4v) is 2.21. The van der Waals surface area contributed by atoms with Crippen LogP contribution in [0.3, 0.4) is 0 Å². The minimum absolute atomic E-state index is 0.0616. The van der Waals surface area contributed by atoms with Crippen LogP contribution in [0.4, 0.5) is 0 Å². The van der Waals surface area contributed by atoms with E-state index in [1.165, 1.54) is 11.1 Å². The van der Waals surface area contributed by atoms with Crippen LogP contribution in [0.15, 0.2) is 24.3 Å². The average molecular weight is 263 g/mol. The quantitative estimate of drug-likeness (QED) is 0.799. The smallest absolute Gasteiger partial charge is 0.0637 e. The van der Waals surface area contributed by atoms with E-state index < -0.39 is 0 Å². The van der Waals surface area contributed by atoms with Gasteiger partial charge in [-0.15, -0.1) is 0 Å². The van der Waals surface area contributed by atoms with Crippen LogP contribution in [-0.2, 0) is 11.3 Å². The van der Waals surface area contributed by atoms with E-state index in [1.807, 2.05) is 0 Å². The molecule has 0 fully saturated rings. The molecule has 0 bridgehead atoms. The molecule has 0 aliphatic carbocycles. The minimum atomic E-state index is -0.0616. The third-order valence-electron chi connectivity index (χ3n) is 3.65. The van der Waals surface area contributed by atoms with Crippen molar-refractivity contribution in [2.45, 2.75) is 65.1 Å². The van der Waals surface area contributed by atoms with Crippen molar-refractivity contribution in [2.24, 2.45) is 0 Å². The number of rotatable bonds is 7. The molecule has 0 aliphatic heterocycles. The molecule has 0 amide bonds. The van der Waals surface area contributed by atoms with Crippen LogP contribution in [0, 0.1) is 0 Å². The van der Waals surface area contributed by atoms with E-state index in [1.54, 1.807) is 7.11 Å². The molecule has 1 atom stereocenters. The van der Waals surface area contributed by atoms with Gasteiger partial charge in [0, 0.05) is 19.7 Å². The van der Waals surface area contributed by atoms with Gasteiger partial charge >= 0.3 is 0 Å². The normalized spacial score (nSPS) is 13.8. The van der Waals surface area contributed by atoms with E-state index in [4.69, 9.17) is 4.74 Å². The highest BCUT2D eigenvalue weighted by atomic mass is 16.5. The fourth-order valence-electron chi connectivity index (χ4n) is 2.21. The maximum absolute atomic E-state index is 5.46. The molecule has 0 heterocycles. The Hall–Kier alpha value is -0.860. The highest BCUT2D eigenvalue weighted by molar-refractivity contribution is 5.24. The summed E-state index contributed by atoms with van der Waals surface area (Å²) in [6.07, 6.45) is 1.01. The maximum atomic E-state index is 5.46. The van der Waals surface area contributed by atoms with E-state index in [2.05, 4.69) is 64.2 Å². The van der Waals surface area contributed by atoms with Crippen LogP contribution in [0.1, 0.15) is 58.1 Å². The Labute approximate surface area is 118 Å². The van der Waals surface area contributed by atoms with E-state index in [0.717, 1.165) is 13.0 Å². The summed E-state index contributed by atoms with van der Waals surface area (Å²) in [5.74, 6) is 0.600. The molecule has 1 rings (SSSR count). The molecular weight excluding hydrogens is 234 g/mol. The number of nitrogens with one attached hydrogen (secondary N) is 1. The molecule has 1 N–H and O–H groups in total. The SMILES string of the molecule is COC(C)(C)CC(C)NCc1ccc(C(C)C)cc1. The van der Waals surface area contributed by atoms with Crippen LogP contribution < -0.4 is 5.32 Å². The Bertz CT molecular complexity index is 367. The highest BCUT2D eigenvalue weighted by Crippen LogP contribution is 2.17. The molecule has 1 aromatic rings. The number of hydrogen-bond donors (Lipinski definition) is 1. The molecule has 0 radical (unpaired) electrons. The van der Waals surface area contributed by atoms with Crippen molar-refractivity contribution in [1.29, 1.82) is 0 Å². The first kappa shape index (κ1) is 16.2. The van der Waals surface area contributed by atoms with Gasteiger partial charge in [-0.3, -0.25) is 0 Å². The van der Waals surface area contributed by atoms with Crippen molar-refractivity contribution in [3.63, 3.8) is 0 Å². The first-order valence-corrected chi connectivity index (χ1v) is 7.21. The van der Waals surface area contributed by atoms with E-state index in [-0.39, 0.29) is 5.60 Å². The van der Waals surface area contributed by atoms with Crippen molar-refractivity contribution in [3.8, 4) is 0 Å². The molecule has 0 aromatic heterocycles. The van der Waals surface area contributed by atoms with Gasteiger partial charge in [0.05, 0.1) is 5.60 Å². The molecule has 0 saturated carbocycles. The lowest BCUT2D eigenvalue weighted by Crippen LogP contribution is -2.35. The zero-order valence-electron chi connectivity index (χ0n) is 13.3.